The van der Waals surface area contributed by atoms with Crippen LogP contribution in [-0.2, 0) is 48.6 Å². The number of aromatic hydroxyl groups is 2. The molecule has 0 amide bonds. The molecule has 324 valence electrons. The fourth-order valence-corrected chi connectivity index (χ4v) is 38.5. The van der Waals surface area contributed by atoms with E-state index in [0.717, 1.165) is 33.8 Å². The van der Waals surface area contributed by atoms with Crippen molar-refractivity contribution in [2.45, 2.75) is 228 Å². The second kappa shape index (κ2) is 14.0. The Morgan fingerprint density at radius 1 is 0.525 bits per heavy atom. The van der Waals surface area contributed by atoms with Crippen LogP contribution in [0.4, 0.5) is 0 Å². The zero-order valence-corrected chi connectivity index (χ0v) is 42.2. The Kier molecular flexibility index (Phi) is 10.0. The van der Waals surface area contributed by atoms with Gasteiger partial charge in [0, 0.05) is 0 Å². The summed E-state index contributed by atoms with van der Waals surface area (Å²) in [7, 11) is 0.684. The maximum atomic E-state index is 12.8. The zero-order valence-electron chi connectivity index (χ0n) is 39.0. The molecule has 8 bridgehead atoms. The molecular weight excluding hydrogens is 793 g/mol. The van der Waals surface area contributed by atoms with Crippen LogP contribution in [0, 0.1) is 33.5 Å². The predicted octanol–water partition coefficient (Wildman–Crippen LogP) is 15.4. The molecule has 9 saturated carbocycles. The molecule has 1 aliphatic heterocycles. The molecule has 2 nitrogen and oxygen atoms in total. The van der Waals surface area contributed by atoms with Crippen LogP contribution >= 0.6 is 15.9 Å². The standard InChI is InChI=1S/C54H80O2S2.Ti/c1-47(2,3)39-17-37(45(55)41(19-39)53-25-35-21-49(7,31-53)29-50(8,22-35)32-53)27-57-43-15-13-11-12-14-16-44(43)58-28-38-18-40(48(4,5)6)20-42(46(38)56)54-26-36-23-51(9,33-54)30-52(10,24-36)34-54;/h17-20,35-36,43-44,55-56H,11-16,21-34H2,1-10H3;. The van der Waals surface area contributed by atoms with Crippen molar-refractivity contribution in [2.24, 2.45) is 33.5 Å². The van der Waals surface area contributed by atoms with Gasteiger partial charge in [0.2, 0.25) is 0 Å². The Hall–Kier alpha value is -0.546. The van der Waals surface area contributed by atoms with Gasteiger partial charge in [-0.1, -0.05) is 0 Å². The van der Waals surface area contributed by atoms with E-state index in [-0.39, 0.29) is 37.1 Å². The monoisotopic (exact) mass is 873 g/mol. The summed E-state index contributed by atoms with van der Waals surface area (Å²) in [6.45, 7) is 24.8. The molecule has 1 heterocycles. The number of fused-ring (bicyclic) bond motifs is 1. The fourth-order valence-electron chi connectivity index (χ4n) is 17.7. The molecule has 59 heavy (non-hydrogen) atoms. The van der Waals surface area contributed by atoms with Crippen molar-refractivity contribution in [3.8, 4) is 11.5 Å². The first-order valence-corrected chi connectivity index (χ1v) is 31.1. The SMILES string of the molecule is CC12CC3CC(C)(C1)CC(c1cc(C(C)(C)C)cc(C[S]4=[Ti]=[S](Cc5cc(C(C)(C)C)cc(C67CC8CC(C)(CC(C)(C8)C6)C7)c5O)C5CCCCCCC54)c1O)(C3)C2. The molecule has 9 aliphatic carbocycles. The van der Waals surface area contributed by atoms with Gasteiger partial charge >= 0.3 is 373 Å². The van der Waals surface area contributed by atoms with Crippen LogP contribution in [0.15, 0.2) is 24.3 Å². The summed E-state index contributed by atoms with van der Waals surface area (Å²) in [4.78, 5) is 0. The third-order valence-electron chi connectivity index (χ3n) is 18.2. The van der Waals surface area contributed by atoms with Crippen LogP contribution < -0.4 is 0 Å². The predicted molar refractivity (Wildman–Crippen MR) is 250 cm³/mol. The Bertz CT molecular complexity index is 1960. The number of hydrogen-bond acceptors (Lipinski definition) is 2. The van der Waals surface area contributed by atoms with Gasteiger partial charge in [0.05, 0.1) is 0 Å². The molecule has 2 aromatic carbocycles. The van der Waals surface area contributed by atoms with Crippen molar-refractivity contribution < 1.29 is 25.7 Å². The van der Waals surface area contributed by atoms with Gasteiger partial charge in [0.1, 0.15) is 0 Å². The van der Waals surface area contributed by atoms with Crippen LogP contribution in [0.3, 0.4) is 0 Å². The minimum absolute atomic E-state index is 0.0499. The van der Waals surface area contributed by atoms with E-state index in [1.54, 1.807) is 0 Å². The van der Waals surface area contributed by atoms with Crippen molar-refractivity contribution >= 4 is 15.9 Å². The zero-order chi connectivity index (χ0) is 41.8. The summed E-state index contributed by atoms with van der Waals surface area (Å²) in [6, 6.07) is 10.0. The first-order chi connectivity index (χ1) is 27.5. The third kappa shape index (κ3) is 7.41. The first-order valence-electron chi connectivity index (χ1n) is 24.4. The second-order valence-corrected chi connectivity index (χ2v) is 38.1. The van der Waals surface area contributed by atoms with Gasteiger partial charge in [-0.25, -0.2) is 0 Å². The normalized spacial score (nSPS) is 43.6. The van der Waals surface area contributed by atoms with Crippen LogP contribution in [0.1, 0.15) is 218 Å². The Morgan fingerprint density at radius 3 is 1.20 bits per heavy atom. The Morgan fingerprint density at radius 2 is 0.881 bits per heavy atom. The molecule has 10 aliphatic rings. The van der Waals surface area contributed by atoms with Gasteiger partial charge in [-0.3, -0.25) is 0 Å². The maximum absolute atomic E-state index is 12.8. The van der Waals surface area contributed by atoms with E-state index < -0.39 is 0 Å². The average molecular weight is 873 g/mol. The average Bonchev–Trinajstić information content (AvgIpc) is 3.35. The molecule has 0 aromatic heterocycles. The van der Waals surface area contributed by atoms with E-state index in [0.29, 0.717) is 49.1 Å². The van der Waals surface area contributed by atoms with Crippen molar-refractivity contribution in [1.82, 2.24) is 0 Å². The number of phenols is 2. The van der Waals surface area contributed by atoms with E-state index in [4.69, 9.17) is 0 Å². The molecule has 5 heteroatoms. The van der Waals surface area contributed by atoms with E-state index in [1.807, 2.05) is 0 Å². The number of rotatable bonds is 6. The summed E-state index contributed by atoms with van der Waals surface area (Å²) in [5, 5.41) is 27.2. The van der Waals surface area contributed by atoms with Crippen molar-refractivity contribution in [2.75, 3.05) is 0 Å². The molecule has 8 atom stereocenters. The third-order valence-corrected chi connectivity index (χ3v) is 34.1. The summed E-state index contributed by atoms with van der Waals surface area (Å²) >= 11 is -0.288. The van der Waals surface area contributed by atoms with Gasteiger partial charge in [0.15, 0.2) is 0 Å². The minimum atomic E-state index is -0.288. The van der Waals surface area contributed by atoms with Gasteiger partial charge in [-0.15, -0.1) is 0 Å². The van der Waals surface area contributed by atoms with E-state index in [2.05, 4.69) is 93.5 Å². The molecule has 2 N–H and O–H groups in total. The van der Waals surface area contributed by atoms with Crippen LogP contribution in [0.2, 0.25) is 0 Å². The molecule has 0 saturated heterocycles. The Labute approximate surface area is 370 Å². The second-order valence-electron chi connectivity index (χ2n) is 26.7. The number of benzene rings is 2. The van der Waals surface area contributed by atoms with Crippen LogP contribution in [0.5, 0.6) is 11.5 Å². The summed E-state index contributed by atoms with van der Waals surface area (Å²) in [5.41, 5.74) is 10.2. The van der Waals surface area contributed by atoms with Gasteiger partial charge < -0.3 is 0 Å². The van der Waals surface area contributed by atoms with Crippen LogP contribution in [-0.4, -0.2) is 20.7 Å². The molecule has 8 unspecified atom stereocenters. The molecule has 9 fully saturated rings. The first kappa shape index (κ1) is 42.4. The number of hydrogen-bond donors (Lipinski definition) is 2. The van der Waals surface area contributed by atoms with Gasteiger partial charge in [0.25, 0.3) is 0 Å². The van der Waals surface area contributed by atoms with Crippen molar-refractivity contribution in [3.05, 3.63) is 57.6 Å². The molecule has 12 rings (SSSR count). The number of phenolic OH excluding ortho intramolecular Hbond substituents is 2. The molecule has 0 radical (unpaired) electrons. The summed E-state index contributed by atoms with van der Waals surface area (Å²) in [6.07, 6.45) is 24.3. The summed E-state index contributed by atoms with van der Waals surface area (Å²) in [5.74, 6) is 5.24. The Balaban J connectivity index is 1.07. The molecular formula is C54H80O2S2Ti. The van der Waals surface area contributed by atoms with Gasteiger partial charge in [-0.2, -0.15) is 0 Å². The molecule has 2 aromatic rings. The van der Waals surface area contributed by atoms with Crippen molar-refractivity contribution in [3.63, 3.8) is 0 Å². The van der Waals surface area contributed by atoms with E-state index in [9.17, 15) is 10.2 Å². The van der Waals surface area contributed by atoms with Gasteiger partial charge in [-0.05, 0) is 0 Å². The quantitative estimate of drug-likeness (QED) is 0.284. The van der Waals surface area contributed by atoms with E-state index >= 15 is 0 Å². The summed E-state index contributed by atoms with van der Waals surface area (Å²) < 4.78 is 0. The topological polar surface area (TPSA) is 40.5 Å². The van der Waals surface area contributed by atoms with E-state index in [1.165, 1.54) is 149 Å². The fraction of sp³-hybridized carbons (Fsp3) is 0.778. The van der Waals surface area contributed by atoms with Crippen molar-refractivity contribution in [1.29, 1.82) is 0 Å². The van der Waals surface area contributed by atoms with Crippen LogP contribution in [0.25, 0.3) is 0 Å². The molecule has 0 spiro atoms.